The van der Waals surface area contributed by atoms with Gasteiger partial charge in [-0.15, -0.1) is 0 Å². The molecule has 0 aromatic heterocycles. The molecule has 3 saturated heterocycles. The molecular formula is C43H48N4O7. The molecule has 2 amide bonds. The molecule has 0 aliphatic carbocycles. The molecule has 3 aliphatic rings. The van der Waals surface area contributed by atoms with Crippen LogP contribution in [0.15, 0.2) is 103 Å². The van der Waals surface area contributed by atoms with Crippen LogP contribution in [0.25, 0.3) is 11.1 Å². The number of para-hydroxylation sites is 1. The van der Waals surface area contributed by atoms with Gasteiger partial charge in [0.2, 0.25) is 11.8 Å². The van der Waals surface area contributed by atoms with Crippen LogP contribution in [-0.4, -0.2) is 70.8 Å². The van der Waals surface area contributed by atoms with E-state index in [1.54, 1.807) is 0 Å². The maximum absolute atomic E-state index is 13.3. The second-order valence-corrected chi connectivity index (χ2v) is 14.5. The zero-order valence-electron chi connectivity index (χ0n) is 30.4. The van der Waals surface area contributed by atoms with Crippen molar-refractivity contribution in [2.75, 3.05) is 31.2 Å². The van der Waals surface area contributed by atoms with Crippen molar-refractivity contribution in [3.8, 4) is 11.1 Å². The number of carbonyl (C=O) groups is 3. The third kappa shape index (κ3) is 8.66. The largest absolute Gasteiger partial charge is 0.481 e. The van der Waals surface area contributed by atoms with Crippen LogP contribution in [-0.2, 0) is 37.0 Å². The summed E-state index contributed by atoms with van der Waals surface area (Å²) in [6, 6.07) is 34.2. The Balaban J connectivity index is 1.02. The zero-order chi connectivity index (χ0) is 37.5. The lowest BCUT2D eigenvalue weighted by Gasteiger charge is -2.45. The fourth-order valence-electron chi connectivity index (χ4n) is 7.84. The Labute approximate surface area is 315 Å². The van der Waals surface area contributed by atoms with Crippen molar-refractivity contribution in [2.24, 2.45) is 0 Å². The first-order chi connectivity index (χ1) is 26.3. The fraction of sp³-hybridized carbons (Fsp3) is 0.372. The van der Waals surface area contributed by atoms with Crippen LogP contribution in [0, 0.1) is 0 Å². The molecule has 0 radical (unpaired) electrons. The Bertz CT molecular complexity index is 1900. The van der Waals surface area contributed by atoms with E-state index in [0.29, 0.717) is 26.1 Å². The molecule has 1 spiro atoms. The number of hydrogen-bond acceptors (Lipinski definition) is 8. The van der Waals surface area contributed by atoms with Crippen molar-refractivity contribution >= 4 is 23.5 Å². The lowest BCUT2D eigenvalue weighted by atomic mass is 9.85. The van der Waals surface area contributed by atoms with Crippen molar-refractivity contribution in [1.29, 1.82) is 0 Å². The molecule has 11 heteroatoms. The smallest absolute Gasteiger partial charge is 0.303 e. The summed E-state index contributed by atoms with van der Waals surface area (Å²) in [6.45, 7) is 3.13. The van der Waals surface area contributed by atoms with Gasteiger partial charge in [0, 0.05) is 56.7 Å². The van der Waals surface area contributed by atoms with Gasteiger partial charge < -0.3 is 40.1 Å². The highest BCUT2D eigenvalue weighted by atomic mass is 16.7. The second-order valence-electron chi connectivity index (χ2n) is 14.5. The van der Waals surface area contributed by atoms with E-state index >= 15 is 0 Å². The van der Waals surface area contributed by atoms with Gasteiger partial charge in [-0.1, -0.05) is 84.9 Å². The third-order valence-electron chi connectivity index (χ3n) is 10.9. The van der Waals surface area contributed by atoms with E-state index in [9.17, 15) is 19.5 Å². The number of ether oxygens (including phenoxy) is 2. The van der Waals surface area contributed by atoms with Gasteiger partial charge in [0.15, 0.2) is 6.29 Å². The van der Waals surface area contributed by atoms with Gasteiger partial charge >= 0.3 is 5.97 Å². The maximum Gasteiger partial charge on any atom is 0.303 e. The summed E-state index contributed by atoms with van der Waals surface area (Å²) in [5, 5.41) is 24.4. The first-order valence-corrected chi connectivity index (χ1v) is 18.8. The van der Waals surface area contributed by atoms with Crippen molar-refractivity contribution in [1.82, 2.24) is 15.5 Å². The van der Waals surface area contributed by atoms with E-state index in [1.165, 1.54) is 0 Å². The first-order valence-electron chi connectivity index (χ1n) is 18.8. The van der Waals surface area contributed by atoms with E-state index in [2.05, 4.69) is 44.7 Å². The molecule has 3 fully saturated rings. The van der Waals surface area contributed by atoms with Crippen molar-refractivity contribution in [3.63, 3.8) is 0 Å². The number of aliphatic carboxylic acids is 1. The van der Waals surface area contributed by atoms with E-state index in [1.807, 2.05) is 78.9 Å². The van der Waals surface area contributed by atoms with Gasteiger partial charge in [0.25, 0.3) is 0 Å². The van der Waals surface area contributed by atoms with Crippen LogP contribution in [0.2, 0.25) is 0 Å². The molecule has 4 N–H and O–H groups in total. The number of piperidine rings is 1. The van der Waals surface area contributed by atoms with E-state index in [-0.39, 0.29) is 43.5 Å². The average Bonchev–Trinajstić information content (AvgIpc) is 3.52. The molecule has 4 aromatic carbocycles. The summed E-state index contributed by atoms with van der Waals surface area (Å²) in [5.41, 5.74) is 6.27. The van der Waals surface area contributed by atoms with Gasteiger partial charge in [-0.25, -0.2) is 0 Å². The number of benzene rings is 4. The Kier molecular flexibility index (Phi) is 11.7. The van der Waals surface area contributed by atoms with Crippen LogP contribution in [0.4, 0.5) is 5.69 Å². The maximum atomic E-state index is 13.3. The average molecular weight is 733 g/mol. The normalized spacial score (nSPS) is 21.2. The molecule has 0 saturated carbocycles. The van der Waals surface area contributed by atoms with Crippen LogP contribution >= 0.6 is 0 Å². The molecule has 54 heavy (non-hydrogen) atoms. The van der Waals surface area contributed by atoms with E-state index in [4.69, 9.17) is 14.6 Å². The lowest BCUT2D eigenvalue weighted by molar-refractivity contribution is -0.253. The van der Waals surface area contributed by atoms with Crippen molar-refractivity contribution < 1.29 is 34.1 Å². The number of carboxylic acids is 1. The third-order valence-corrected chi connectivity index (χ3v) is 10.9. The number of anilines is 1. The summed E-state index contributed by atoms with van der Waals surface area (Å²) < 4.78 is 13.3. The molecular weight excluding hydrogens is 684 g/mol. The number of carbonyl (C=O) groups excluding carboxylic acids is 2. The number of amides is 2. The molecule has 11 nitrogen and oxygen atoms in total. The number of likely N-dealkylation sites (tertiary alicyclic amines) is 1. The summed E-state index contributed by atoms with van der Waals surface area (Å²) in [7, 11) is 0. The van der Waals surface area contributed by atoms with Gasteiger partial charge in [0.1, 0.15) is 5.54 Å². The Morgan fingerprint density at radius 1 is 0.833 bits per heavy atom. The number of nitrogens with one attached hydrogen (secondary N) is 2. The number of aliphatic hydroxyl groups excluding tert-OH is 1. The van der Waals surface area contributed by atoms with Crippen LogP contribution in [0.1, 0.15) is 73.2 Å². The van der Waals surface area contributed by atoms with Crippen LogP contribution in [0.5, 0.6) is 0 Å². The Hall–Kier alpha value is -5.07. The zero-order valence-corrected chi connectivity index (χ0v) is 30.4. The standard InChI is InChI=1S/C43H48N4O7/c48-28-30-12-14-33(15-13-30)38-25-37(27-46-22-20-43(21-23-46)42(52)45-29-47(43)36-8-2-1-3-9-36)53-41(54-38)34-18-16-32(17-19-34)35-7-4-6-31(24-35)26-44-39(49)10-5-11-40(50)51/h1-4,6-9,12-19,24,37-38,41,48H,5,10-11,20-23,25-29H2,(H,44,49)(H,45,52)(H,50,51). The monoisotopic (exact) mass is 732 g/mol. The molecule has 3 unspecified atom stereocenters. The quantitative estimate of drug-likeness (QED) is 0.137. The molecule has 282 valence electrons. The number of hydrogen-bond donors (Lipinski definition) is 4. The highest BCUT2D eigenvalue weighted by Gasteiger charge is 2.50. The first kappa shape index (κ1) is 37.3. The van der Waals surface area contributed by atoms with Gasteiger partial charge in [0.05, 0.1) is 25.5 Å². The Morgan fingerprint density at radius 2 is 1.57 bits per heavy atom. The van der Waals surface area contributed by atoms with Gasteiger partial charge in [-0.3, -0.25) is 14.4 Å². The van der Waals surface area contributed by atoms with Gasteiger partial charge in [-0.05, 0) is 65.3 Å². The van der Waals surface area contributed by atoms with Crippen molar-refractivity contribution in [2.45, 2.75) is 75.7 Å². The minimum absolute atomic E-state index is 0.0190. The SMILES string of the molecule is O=C(O)CCCC(=O)NCc1cccc(-c2ccc(C3OC(CN4CCC5(CC4)C(=O)NCN5c4ccccc4)CC(c4ccc(CO)cc4)O3)cc2)c1. The van der Waals surface area contributed by atoms with Gasteiger partial charge in [-0.2, -0.15) is 0 Å². The van der Waals surface area contributed by atoms with E-state index < -0.39 is 17.8 Å². The van der Waals surface area contributed by atoms with Crippen LogP contribution in [0.3, 0.4) is 0 Å². The minimum Gasteiger partial charge on any atom is -0.481 e. The highest BCUT2D eigenvalue weighted by Crippen LogP contribution is 2.40. The molecule has 7 rings (SSSR count). The molecule has 3 atom stereocenters. The Morgan fingerprint density at radius 3 is 2.30 bits per heavy atom. The van der Waals surface area contributed by atoms with Crippen LogP contribution < -0.4 is 15.5 Å². The minimum atomic E-state index is -0.903. The highest BCUT2D eigenvalue weighted by molar-refractivity contribution is 5.93. The number of aliphatic hydroxyl groups is 1. The number of rotatable bonds is 13. The molecule has 4 aromatic rings. The van der Waals surface area contributed by atoms with E-state index in [0.717, 1.165) is 71.5 Å². The fourth-order valence-corrected chi connectivity index (χ4v) is 7.84. The summed E-state index contributed by atoms with van der Waals surface area (Å²) in [4.78, 5) is 40.8. The topological polar surface area (TPSA) is 141 Å². The summed E-state index contributed by atoms with van der Waals surface area (Å²) in [5.74, 6) is -0.967. The molecule has 3 aliphatic heterocycles. The second kappa shape index (κ2) is 16.9. The molecule has 0 bridgehead atoms. The predicted molar refractivity (Wildman–Crippen MR) is 204 cm³/mol. The number of nitrogens with zero attached hydrogens (tertiary/aromatic N) is 2. The molecule has 3 heterocycles. The number of carboxylic acid groups (broad SMARTS) is 1. The predicted octanol–water partition coefficient (Wildman–Crippen LogP) is 5.69. The summed E-state index contributed by atoms with van der Waals surface area (Å²) >= 11 is 0. The van der Waals surface area contributed by atoms with Crippen molar-refractivity contribution in [3.05, 3.63) is 125 Å². The lowest BCUT2D eigenvalue weighted by Crippen LogP contribution is -2.57. The summed E-state index contributed by atoms with van der Waals surface area (Å²) in [6.07, 6.45) is 1.70.